The van der Waals surface area contributed by atoms with Gasteiger partial charge in [0.15, 0.2) is 0 Å². The van der Waals surface area contributed by atoms with Gasteiger partial charge in [-0.3, -0.25) is 0 Å². The molecule has 0 aromatic carbocycles. The van der Waals surface area contributed by atoms with Crippen LogP contribution in [0.5, 0.6) is 0 Å². The van der Waals surface area contributed by atoms with Crippen LogP contribution in [0.1, 0.15) is 6.92 Å². The molecule has 0 unspecified atom stereocenters. The number of rotatable bonds is 3. The Morgan fingerprint density at radius 3 is 2.42 bits per heavy atom. The van der Waals surface area contributed by atoms with E-state index in [1.54, 1.807) is 0 Å². The fraction of sp³-hybridized carbons (Fsp3) is 0.250. The van der Waals surface area contributed by atoms with Crippen molar-refractivity contribution >= 4 is 11.9 Å². The Morgan fingerprint density at radius 1 is 1.42 bits per heavy atom. The van der Waals surface area contributed by atoms with E-state index in [0.29, 0.717) is 0 Å². The maximum atomic E-state index is 10.7. The molecule has 0 aromatic rings. The Kier molecular flexibility index (Phi) is 4.45. The van der Waals surface area contributed by atoms with Gasteiger partial charge in [-0.05, 0) is 6.92 Å². The minimum absolute atomic E-state index is 0.268. The largest absolute Gasteiger partial charge is 0.466 e. The van der Waals surface area contributed by atoms with Gasteiger partial charge in [0, 0.05) is 5.57 Å². The van der Waals surface area contributed by atoms with Crippen LogP contribution in [0.4, 0.5) is 0 Å². The molecule has 0 amide bonds. The number of esters is 2. The topological polar surface area (TPSA) is 52.6 Å². The molecule has 4 heteroatoms. The zero-order chi connectivity index (χ0) is 9.56. The van der Waals surface area contributed by atoms with E-state index in [1.807, 2.05) is 0 Å². The summed E-state index contributed by atoms with van der Waals surface area (Å²) in [6.45, 7) is 4.86. The molecule has 0 aliphatic heterocycles. The van der Waals surface area contributed by atoms with Gasteiger partial charge in [-0.15, -0.1) is 0 Å². The number of carbonyl (C=O) groups is 2. The molecule has 0 atom stereocenters. The molecule has 0 N–H and O–H groups in total. The van der Waals surface area contributed by atoms with Crippen molar-refractivity contribution in [2.24, 2.45) is 0 Å². The lowest BCUT2D eigenvalue weighted by atomic mass is 10.4. The predicted octanol–water partition coefficient (Wildman–Crippen LogP) is 0.792. The molecule has 0 spiro atoms. The summed E-state index contributed by atoms with van der Waals surface area (Å²) in [6.07, 6.45) is 1.96. The van der Waals surface area contributed by atoms with Gasteiger partial charge in [0.1, 0.15) is 6.26 Å². The Labute approximate surface area is 70.5 Å². The fourth-order valence-corrected chi connectivity index (χ4v) is 0.320. The molecule has 4 nitrogen and oxygen atoms in total. The van der Waals surface area contributed by atoms with Gasteiger partial charge in [0.2, 0.25) is 0 Å². The second kappa shape index (κ2) is 5.12. The number of hydrogen-bond donors (Lipinski definition) is 0. The lowest BCUT2D eigenvalue weighted by molar-refractivity contribution is -0.135. The van der Waals surface area contributed by atoms with E-state index in [-0.39, 0.29) is 5.57 Å². The number of carbonyl (C=O) groups excluding carboxylic acids is 2. The van der Waals surface area contributed by atoms with Crippen LogP contribution in [0.15, 0.2) is 24.5 Å². The van der Waals surface area contributed by atoms with Crippen molar-refractivity contribution in [2.45, 2.75) is 6.92 Å². The van der Waals surface area contributed by atoms with E-state index in [2.05, 4.69) is 16.1 Å². The standard InChI is InChI=1S/C8H10O4/c1-6(2)8(10)12-5-4-7(9)11-3/h4-5H,1H2,2-3H3. The summed E-state index contributed by atoms with van der Waals surface area (Å²) in [5.41, 5.74) is 0.268. The summed E-state index contributed by atoms with van der Waals surface area (Å²) in [7, 11) is 1.23. The van der Waals surface area contributed by atoms with Crippen molar-refractivity contribution in [3.63, 3.8) is 0 Å². The van der Waals surface area contributed by atoms with E-state index < -0.39 is 11.9 Å². The Hall–Kier alpha value is -1.58. The number of hydrogen-bond acceptors (Lipinski definition) is 4. The Bertz CT molecular complexity index is 227. The third kappa shape index (κ3) is 4.27. The summed E-state index contributed by atoms with van der Waals surface area (Å²) in [4.78, 5) is 21.1. The highest BCUT2D eigenvalue weighted by atomic mass is 16.5. The van der Waals surface area contributed by atoms with Crippen LogP contribution in [0.25, 0.3) is 0 Å². The number of methoxy groups -OCH3 is 1. The molecular formula is C8H10O4. The van der Waals surface area contributed by atoms with E-state index in [4.69, 9.17) is 0 Å². The second-order valence-electron chi connectivity index (χ2n) is 2.01. The molecule has 0 radical (unpaired) electrons. The van der Waals surface area contributed by atoms with Gasteiger partial charge in [-0.2, -0.15) is 0 Å². The minimum Gasteiger partial charge on any atom is -0.466 e. The average Bonchev–Trinajstić information content (AvgIpc) is 2.03. The molecular weight excluding hydrogens is 160 g/mol. The van der Waals surface area contributed by atoms with Crippen molar-refractivity contribution < 1.29 is 19.1 Å². The van der Waals surface area contributed by atoms with Crippen molar-refractivity contribution in [1.82, 2.24) is 0 Å². The first kappa shape index (κ1) is 10.4. The highest BCUT2D eigenvalue weighted by Gasteiger charge is 1.99. The lowest BCUT2D eigenvalue weighted by Gasteiger charge is -1.95. The molecule has 0 saturated heterocycles. The maximum Gasteiger partial charge on any atom is 0.337 e. The van der Waals surface area contributed by atoms with Crippen LogP contribution >= 0.6 is 0 Å². The van der Waals surface area contributed by atoms with Crippen molar-refractivity contribution in [3.8, 4) is 0 Å². The van der Waals surface area contributed by atoms with Gasteiger partial charge < -0.3 is 9.47 Å². The van der Waals surface area contributed by atoms with Crippen LogP contribution in [0, 0.1) is 0 Å². The molecule has 0 aliphatic carbocycles. The van der Waals surface area contributed by atoms with Crippen LogP contribution < -0.4 is 0 Å². The van der Waals surface area contributed by atoms with Crippen molar-refractivity contribution in [1.29, 1.82) is 0 Å². The monoisotopic (exact) mass is 170 g/mol. The van der Waals surface area contributed by atoms with Crippen LogP contribution in [0.2, 0.25) is 0 Å². The van der Waals surface area contributed by atoms with Crippen molar-refractivity contribution in [3.05, 3.63) is 24.5 Å². The van der Waals surface area contributed by atoms with E-state index in [0.717, 1.165) is 12.3 Å². The molecule has 0 saturated carbocycles. The van der Waals surface area contributed by atoms with Crippen LogP contribution in [0.3, 0.4) is 0 Å². The minimum atomic E-state index is -0.579. The number of ether oxygens (including phenoxy) is 2. The van der Waals surface area contributed by atoms with Gasteiger partial charge in [-0.1, -0.05) is 6.58 Å². The second-order valence-corrected chi connectivity index (χ2v) is 2.01. The molecule has 12 heavy (non-hydrogen) atoms. The molecule has 0 fully saturated rings. The van der Waals surface area contributed by atoms with Crippen LogP contribution in [-0.4, -0.2) is 19.0 Å². The van der Waals surface area contributed by atoms with Gasteiger partial charge in [-0.25, -0.2) is 9.59 Å². The Morgan fingerprint density at radius 2 is 2.00 bits per heavy atom. The molecule has 0 aliphatic rings. The normalized spacial score (nSPS) is 9.50. The molecule has 0 bridgehead atoms. The fourth-order valence-electron chi connectivity index (χ4n) is 0.320. The first-order valence-corrected chi connectivity index (χ1v) is 3.19. The third-order valence-corrected chi connectivity index (χ3v) is 0.929. The van der Waals surface area contributed by atoms with Crippen molar-refractivity contribution in [2.75, 3.05) is 7.11 Å². The maximum absolute atomic E-state index is 10.7. The highest BCUT2D eigenvalue weighted by Crippen LogP contribution is 1.92. The third-order valence-electron chi connectivity index (χ3n) is 0.929. The first-order chi connectivity index (χ1) is 5.57. The van der Waals surface area contributed by atoms with E-state index >= 15 is 0 Å². The summed E-state index contributed by atoms with van der Waals surface area (Å²) in [5, 5.41) is 0. The lowest BCUT2D eigenvalue weighted by Crippen LogP contribution is -2.01. The van der Waals surface area contributed by atoms with Gasteiger partial charge in [0.25, 0.3) is 0 Å². The molecule has 0 heterocycles. The van der Waals surface area contributed by atoms with Crippen LogP contribution in [-0.2, 0) is 19.1 Å². The average molecular weight is 170 g/mol. The van der Waals surface area contributed by atoms with Gasteiger partial charge >= 0.3 is 11.9 Å². The first-order valence-electron chi connectivity index (χ1n) is 3.19. The van der Waals surface area contributed by atoms with E-state index in [1.165, 1.54) is 14.0 Å². The Balaban J connectivity index is 3.83. The summed E-state index contributed by atoms with van der Waals surface area (Å²) >= 11 is 0. The molecule has 0 rings (SSSR count). The summed E-state index contributed by atoms with van der Waals surface area (Å²) in [5.74, 6) is -1.15. The molecule has 0 aromatic heterocycles. The zero-order valence-electron chi connectivity index (χ0n) is 6.99. The van der Waals surface area contributed by atoms with Gasteiger partial charge in [0.05, 0.1) is 13.2 Å². The smallest absolute Gasteiger partial charge is 0.337 e. The SMILES string of the molecule is C=C(C)C(=O)OC=CC(=O)OC. The zero-order valence-corrected chi connectivity index (χ0v) is 6.99. The predicted molar refractivity (Wildman–Crippen MR) is 42.1 cm³/mol. The quantitative estimate of drug-likeness (QED) is 0.357. The summed E-state index contributed by atoms with van der Waals surface area (Å²) in [6, 6.07) is 0. The van der Waals surface area contributed by atoms with E-state index in [9.17, 15) is 9.59 Å². The summed E-state index contributed by atoms with van der Waals surface area (Å²) < 4.78 is 8.71. The molecule has 66 valence electrons. The highest BCUT2D eigenvalue weighted by molar-refractivity contribution is 5.88.